The summed E-state index contributed by atoms with van der Waals surface area (Å²) in [5.41, 5.74) is 1.15. The van der Waals surface area contributed by atoms with E-state index in [2.05, 4.69) is 20.9 Å². The molecule has 0 saturated carbocycles. The number of fused-ring (bicyclic) bond motifs is 1. The summed E-state index contributed by atoms with van der Waals surface area (Å²) >= 11 is 5.12. The molecule has 2 heterocycles. The predicted octanol–water partition coefficient (Wildman–Crippen LogP) is 2.33. The lowest BCUT2D eigenvalue weighted by atomic mass is 10.4. The maximum atomic E-state index is 13.1. The number of nitrogens with zero attached hydrogens (tertiary/aromatic N) is 2. The molecule has 14 heavy (non-hydrogen) atoms. The molecule has 0 unspecified atom stereocenters. The number of pyridine rings is 1. The lowest BCUT2D eigenvalue weighted by Gasteiger charge is -1.99. The molecule has 2 aromatic rings. The van der Waals surface area contributed by atoms with E-state index in [4.69, 9.17) is 5.11 Å². The number of rotatable bonds is 1. The van der Waals surface area contributed by atoms with Gasteiger partial charge in [-0.05, 0) is 44.6 Å². The predicted molar refractivity (Wildman–Crippen MR) is 61.5 cm³/mol. The topological polar surface area (TPSA) is 37.5 Å². The van der Waals surface area contributed by atoms with Gasteiger partial charge in [0.1, 0.15) is 9.52 Å². The van der Waals surface area contributed by atoms with E-state index in [-0.39, 0.29) is 12.4 Å². The summed E-state index contributed by atoms with van der Waals surface area (Å²) in [6, 6.07) is 1.33. The number of aromatic nitrogens is 2. The average molecular weight is 371 g/mol. The summed E-state index contributed by atoms with van der Waals surface area (Å²) in [7, 11) is 0. The van der Waals surface area contributed by atoms with Crippen molar-refractivity contribution in [2.45, 2.75) is 6.61 Å². The lowest BCUT2D eigenvalue weighted by Crippen LogP contribution is -1.94. The Morgan fingerprint density at radius 1 is 1.64 bits per heavy atom. The molecule has 0 aliphatic heterocycles. The van der Waals surface area contributed by atoms with E-state index >= 15 is 0 Å². The molecule has 0 amide bonds. The first-order chi connectivity index (χ1) is 6.65. The Morgan fingerprint density at radius 2 is 2.36 bits per heavy atom. The second-order valence-electron chi connectivity index (χ2n) is 2.68. The van der Waals surface area contributed by atoms with Crippen LogP contribution >= 0.6 is 38.5 Å². The van der Waals surface area contributed by atoms with E-state index in [1.165, 1.54) is 6.07 Å². The van der Waals surface area contributed by atoms with Crippen molar-refractivity contribution in [1.29, 1.82) is 0 Å². The van der Waals surface area contributed by atoms with Crippen LogP contribution in [0.1, 0.15) is 5.69 Å². The van der Waals surface area contributed by atoms with Crippen molar-refractivity contribution in [3.8, 4) is 0 Å². The van der Waals surface area contributed by atoms with Crippen LogP contribution < -0.4 is 0 Å². The average Bonchev–Trinajstić information content (AvgIpc) is 2.49. The van der Waals surface area contributed by atoms with Crippen LogP contribution in [0, 0.1) is 9.52 Å². The number of imidazole rings is 1. The Kier molecular flexibility index (Phi) is 2.76. The molecule has 1 N–H and O–H groups in total. The number of aliphatic hydroxyl groups excluding tert-OH is 1. The smallest absolute Gasteiger partial charge is 0.155 e. The van der Waals surface area contributed by atoms with Gasteiger partial charge >= 0.3 is 0 Å². The van der Waals surface area contributed by atoms with Gasteiger partial charge in [-0.2, -0.15) is 0 Å². The van der Waals surface area contributed by atoms with E-state index in [1.807, 2.05) is 22.6 Å². The zero-order valence-electron chi connectivity index (χ0n) is 6.84. The van der Waals surface area contributed by atoms with Crippen LogP contribution in [0.3, 0.4) is 0 Å². The van der Waals surface area contributed by atoms with Crippen molar-refractivity contribution in [3.05, 3.63) is 31.9 Å². The monoisotopic (exact) mass is 370 g/mol. The van der Waals surface area contributed by atoms with Gasteiger partial charge in [-0.15, -0.1) is 0 Å². The van der Waals surface area contributed by atoms with Crippen molar-refractivity contribution in [3.63, 3.8) is 0 Å². The fraction of sp³-hybridized carbons (Fsp3) is 0.125. The van der Waals surface area contributed by atoms with Crippen LogP contribution in [0.2, 0.25) is 0 Å². The van der Waals surface area contributed by atoms with Crippen LogP contribution in [-0.2, 0) is 6.61 Å². The van der Waals surface area contributed by atoms with Gasteiger partial charge in [0.15, 0.2) is 5.65 Å². The molecule has 74 valence electrons. The third kappa shape index (κ3) is 1.45. The van der Waals surface area contributed by atoms with Gasteiger partial charge in [-0.1, -0.05) is 0 Å². The Hall–Kier alpha value is -0.210. The Bertz CT molecular complexity index is 500. The Morgan fingerprint density at radius 3 is 3.00 bits per heavy atom. The summed E-state index contributed by atoms with van der Waals surface area (Å²) in [6.45, 7) is -0.114. The highest BCUT2D eigenvalue weighted by atomic mass is 127. The Balaban J connectivity index is 2.87. The number of halogens is 3. The summed E-state index contributed by atoms with van der Waals surface area (Å²) < 4.78 is 15.8. The minimum absolute atomic E-state index is 0.114. The van der Waals surface area contributed by atoms with Gasteiger partial charge in [-0.3, -0.25) is 4.40 Å². The first-order valence-corrected chi connectivity index (χ1v) is 5.63. The fourth-order valence-corrected chi connectivity index (χ4v) is 2.29. The van der Waals surface area contributed by atoms with E-state index in [1.54, 1.807) is 10.6 Å². The van der Waals surface area contributed by atoms with Gasteiger partial charge in [0.05, 0.1) is 16.8 Å². The normalized spacial score (nSPS) is 11.1. The molecule has 0 bridgehead atoms. The van der Waals surface area contributed by atoms with Gasteiger partial charge in [0, 0.05) is 6.20 Å². The summed E-state index contributed by atoms with van der Waals surface area (Å²) in [6.07, 6.45) is 1.55. The van der Waals surface area contributed by atoms with Crippen molar-refractivity contribution < 1.29 is 9.50 Å². The van der Waals surface area contributed by atoms with Gasteiger partial charge < -0.3 is 5.11 Å². The van der Waals surface area contributed by atoms with Gasteiger partial charge in [0.2, 0.25) is 0 Å². The molecule has 0 radical (unpaired) electrons. The van der Waals surface area contributed by atoms with Crippen LogP contribution in [0.4, 0.5) is 4.39 Å². The highest BCUT2D eigenvalue weighted by Crippen LogP contribution is 2.24. The first-order valence-electron chi connectivity index (χ1n) is 3.76. The molecule has 6 heteroatoms. The molecule has 0 spiro atoms. The lowest BCUT2D eigenvalue weighted by molar-refractivity contribution is 0.275. The number of aliphatic hydroxyl groups is 1. The summed E-state index contributed by atoms with van der Waals surface area (Å²) in [5, 5.41) is 9.09. The summed E-state index contributed by atoms with van der Waals surface area (Å²) in [5.74, 6) is -0.358. The molecule has 0 atom stereocenters. The zero-order chi connectivity index (χ0) is 10.3. The molecular formula is C8H5BrFIN2O. The molecule has 0 aliphatic carbocycles. The Labute approximate surface area is 101 Å². The molecule has 2 aromatic heterocycles. The van der Waals surface area contributed by atoms with Crippen LogP contribution in [0.5, 0.6) is 0 Å². The molecule has 2 rings (SSSR count). The largest absolute Gasteiger partial charge is 0.390 e. The standard InChI is InChI=1S/C8H5BrFIN2O/c9-6-4(10)1-2-13-5(3-14)7(11)12-8(6)13/h1-2,14H,3H2. The van der Waals surface area contributed by atoms with Crippen molar-refractivity contribution in [1.82, 2.24) is 9.38 Å². The van der Waals surface area contributed by atoms with Crippen LogP contribution in [-0.4, -0.2) is 14.5 Å². The zero-order valence-corrected chi connectivity index (χ0v) is 10.6. The van der Waals surface area contributed by atoms with E-state index in [0.29, 0.717) is 19.5 Å². The minimum atomic E-state index is -0.358. The van der Waals surface area contributed by atoms with Gasteiger partial charge in [0.25, 0.3) is 0 Å². The van der Waals surface area contributed by atoms with Crippen molar-refractivity contribution >= 4 is 44.2 Å². The SMILES string of the molecule is OCc1c(I)nc2c(Br)c(F)ccn12. The minimum Gasteiger partial charge on any atom is -0.390 e. The molecule has 0 aliphatic rings. The third-order valence-electron chi connectivity index (χ3n) is 1.89. The number of hydrogen-bond acceptors (Lipinski definition) is 2. The maximum Gasteiger partial charge on any atom is 0.155 e. The molecule has 0 saturated heterocycles. The van der Waals surface area contributed by atoms with Crippen LogP contribution in [0.15, 0.2) is 16.7 Å². The molecule has 0 fully saturated rings. The van der Waals surface area contributed by atoms with E-state index < -0.39 is 0 Å². The maximum absolute atomic E-state index is 13.1. The second-order valence-corrected chi connectivity index (χ2v) is 4.49. The highest BCUT2D eigenvalue weighted by molar-refractivity contribution is 14.1. The van der Waals surface area contributed by atoms with Crippen molar-refractivity contribution in [2.75, 3.05) is 0 Å². The fourth-order valence-electron chi connectivity index (χ4n) is 1.22. The molecule has 3 nitrogen and oxygen atoms in total. The molecule has 0 aromatic carbocycles. The first kappa shape index (κ1) is 10.3. The van der Waals surface area contributed by atoms with E-state index in [9.17, 15) is 4.39 Å². The van der Waals surface area contributed by atoms with Crippen LogP contribution in [0.25, 0.3) is 5.65 Å². The van der Waals surface area contributed by atoms with Crippen molar-refractivity contribution in [2.24, 2.45) is 0 Å². The quantitative estimate of drug-likeness (QED) is 0.782. The summed E-state index contributed by atoms with van der Waals surface area (Å²) in [4.78, 5) is 4.15. The van der Waals surface area contributed by atoms with Gasteiger partial charge in [-0.25, -0.2) is 9.37 Å². The number of hydrogen-bond donors (Lipinski definition) is 1. The second kappa shape index (κ2) is 3.74. The van der Waals surface area contributed by atoms with E-state index in [0.717, 1.165) is 0 Å². The third-order valence-corrected chi connectivity index (χ3v) is 3.48. The molecular weight excluding hydrogens is 366 g/mol. The highest BCUT2D eigenvalue weighted by Gasteiger charge is 2.13.